The molecule has 21 heavy (non-hydrogen) atoms. The molecule has 0 atom stereocenters. The fourth-order valence-corrected chi connectivity index (χ4v) is 2.00. The zero-order valence-corrected chi connectivity index (χ0v) is 12.2. The number of nitrogens with zero attached hydrogens (tertiary/aromatic N) is 4. The van der Waals surface area contributed by atoms with Crippen molar-refractivity contribution in [1.29, 1.82) is 0 Å². The average Bonchev–Trinajstić information content (AvgIpc) is 2.90. The van der Waals surface area contributed by atoms with Crippen molar-refractivity contribution in [1.82, 2.24) is 19.9 Å². The van der Waals surface area contributed by atoms with Crippen LogP contribution in [0.2, 0.25) is 5.02 Å². The molecule has 0 spiro atoms. The summed E-state index contributed by atoms with van der Waals surface area (Å²) < 4.78 is 15.1. The molecule has 2 aromatic rings. The molecule has 2 rings (SSSR count). The van der Waals surface area contributed by atoms with Crippen LogP contribution in [0.25, 0.3) is 0 Å². The van der Waals surface area contributed by atoms with Crippen LogP contribution in [-0.2, 0) is 24.4 Å². The summed E-state index contributed by atoms with van der Waals surface area (Å²) in [7, 11) is 1.58. The molecule has 8 heteroatoms. The third-order valence-electron chi connectivity index (χ3n) is 2.98. The van der Waals surface area contributed by atoms with Crippen molar-refractivity contribution >= 4 is 17.5 Å². The van der Waals surface area contributed by atoms with E-state index >= 15 is 0 Å². The number of nitrogens with two attached hydrogens (primary N) is 1. The topological polar surface area (TPSA) is 77.0 Å². The molecule has 0 saturated heterocycles. The highest BCUT2D eigenvalue weighted by atomic mass is 35.5. The number of aromatic nitrogens is 3. The van der Waals surface area contributed by atoms with E-state index in [-0.39, 0.29) is 31.1 Å². The predicted octanol–water partition coefficient (Wildman–Crippen LogP) is 1.19. The van der Waals surface area contributed by atoms with Gasteiger partial charge >= 0.3 is 0 Å². The molecule has 1 amide bonds. The van der Waals surface area contributed by atoms with E-state index in [1.54, 1.807) is 19.3 Å². The highest BCUT2D eigenvalue weighted by molar-refractivity contribution is 6.31. The van der Waals surface area contributed by atoms with Gasteiger partial charge in [-0.25, -0.2) is 9.07 Å². The van der Waals surface area contributed by atoms with Crippen LogP contribution >= 0.6 is 11.6 Å². The van der Waals surface area contributed by atoms with E-state index in [1.165, 1.54) is 21.7 Å². The Balaban J connectivity index is 2.02. The smallest absolute Gasteiger partial charge is 0.244 e. The minimum Gasteiger partial charge on any atom is -0.340 e. The quantitative estimate of drug-likeness (QED) is 0.899. The van der Waals surface area contributed by atoms with Gasteiger partial charge in [0.15, 0.2) is 0 Å². The Morgan fingerprint density at radius 3 is 2.90 bits per heavy atom. The molecule has 0 radical (unpaired) electrons. The molecule has 1 aromatic carbocycles. The van der Waals surface area contributed by atoms with Gasteiger partial charge in [0.05, 0.1) is 11.9 Å². The second-order valence-electron chi connectivity index (χ2n) is 4.56. The number of hydrogen-bond donors (Lipinski definition) is 1. The highest BCUT2D eigenvalue weighted by Crippen LogP contribution is 2.20. The first-order chi connectivity index (χ1) is 10.0. The summed E-state index contributed by atoms with van der Waals surface area (Å²) in [5.41, 5.74) is 6.31. The number of hydrogen-bond acceptors (Lipinski definition) is 4. The minimum absolute atomic E-state index is 0.00950. The maximum Gasteiger partial charge on any atom is 0.244 e. The molecule has 112 valence electrons. The van der Waals surface area contributed by atoms with Crippen molar-refractivity contribution in [3.63, 3.8) is 0 Å². The molecule has 2 N–H and O–H groups in total. The summed E-state index contributed by atoms with van der Waals surface area (Å²) in [6.07, 6.45) is 1.60. The molecule has 0 bridgehead atoms. The number of amides is 1. The number of benzene rings is 1. The SMILES string of the molecule is CN(Cc1c(F)cccc1Cl)C(=O)Cn1cc(CN)nn1. The Hall–Kier alpha value is -1.99. The van der Waals surface area contributed by atoms with E-state index in [0.717, 1.165) is 0 Å². The van der Waals surface area contributed by atoms with Gasteiger partial charge in [0.1, 0.15) is 12.4 Å². The van der Waals surface area contributed by atoms with Crippen LogP contribution in [0.5, 0.6) is 0 Å². The molecular formula is C13H15ClFN5O. The summed E-state index contributed by atoms with van der Waals surface area (Å²) in [6.45, 7) is 0.354. The largest absolute Gasteiger partial charge is 0.340 e. The molecule has 0 fully saturated rings. The Labute approximate surface area is 126 Å². The first kappa shape index (κ1) is 15.4. The summed E-state index contributed by atoms with van der Waals surface area (Å²) in [5, 5.41) is 7.88. The first-order valence-corrected chi connectivity index (χ1v) is 6.65. The van der Waals surface area contributed by atoms with Crippen molar-refractivity contribution in [2.75, 3.05) is 7.05 Å². The van der Waals surface area contributed by atoms with Gasteiger partial charge in [-0.3, -0.25) is 4.79 Å². The fraction of sp³-hybridized carbons (Fsp3) is 0.308. The molecular weight excluding hydrogens is 297 g/mol. The molecule has 0 aliphatic rings. The Morgan fingerprint density at radius 2 is 2.29 bits per heavy atom. The summed E-state index contributed by atoms with van der Waals surface area (Å²) in [4.78, 5) is 13.5. The van der Waals surface area contributed by atoms with Crippen molar-refractivity contribution in [3.05, 3.63) is 46.5 Å². The average molecular weight is 312 g/mol. The van der Waals surface area contributed by atoms with Crippen molar-refractivity contribution in [3.8, 4) is 0 Å². The maximum atomic E-state index is 13.7. The van der Waals surface area contributed by atoms with Crippen LogP contribution in [0.1, 0.15) is 11.3 Å². The van der Waals surface area contributed by atoms with Crippen LogP contribution in [0, 0.1) is 5.82 Å². The number of rotatable bonds is 5. The monoisotopic (exact) mass is 311 g/mol. The van der Waals surface area contributed by atoms with E-state index < -0.39 is 5.82 Å². The maximum absolute atomic E-state index is 13.7. The lowest BCUT2D eigenvalue weighted by Crippen LogP contribution is -2.30. The van der Waals surface area contributed by atoms with Gasteiger partial charge in [0.25, 0.3) is 0 Å². The molecule has 0 aliphatic heterocycles. The second-order valence-corrected chi connectivity index (χ2v) is 4.97. The van der Waals surface area contributed by atoms with Gasteiger partial charge in [0, 0.05) is 30.7 Å². The summed E-state index contributed by atoms with van der Waals surface area (Å²) in [5.74, 6) is -0.670. The van der Waals surface area contributed by atoms with Crippen molar-refractivity contribution < 1.29 is 9.18 Å². The first-order valence-electron chi connectivity index (χ1n) is 6.27. The zero-order chi connectivity index (χ0) is 15.4. The van der Waals surface area contributed by atoms with E-state index in [9.17, 15) is 9.18 Å². The van der Waals surface area contributed by atoms with Gasteiger partial charge in [0.2, 0.25) is 5.91 Å². The Kier molecular flexibility index (Phi) is 4.87. The normalized spacial score (nSPS) is 10.7. The number of carbonyl (C=O) groups is 1. The fourth-order valence-electron chi connectivity index (χ4n) is 1.78. The Morgan fingerprint density at radius 1 is 1.52 bits per heavy atom. The van der Waals surface area contributed by atoms with Crippen molar-refractivity contribution in [2.24, 2.45) is 5.73 Å². The van der Waals surface area contributed by atoms with Gasteiger partial charge in [-0.05, 0) is 12.1 Å². The number of carbonyl (C=O) groups excluding carboxylic acids is 1. The predicted molar refractivity (Wildman–Crippen MR) is 75.8 cm³/mol. The molecule has 0 aliphatic carbocycles. The molecule has 1 aromatic heterocycles. The second kappa shape index (κ2) is 6.64. The third kappa shape index (κ3) is 3.77. The van der Waals surface area contributed by atoms with E-state index in [4.69, 9.17) is 17.3 Å². The van der Waals surface area contributed by atoms with E-state index in [0.29, 0.717) is 10.7 Å². The van der Waals surface area contributed by atoms with Crippen LogP contribution in [0.15, 0.2) is 24.4 Å². The van der Waals surface area contributed by atoms with Crippen LogP contribution in [-0.4, -0.2) is 32.8 Å². The minimum atomic E-state index is -0.437. The lowest BCUT2D eigenvalue weighted by Gasteiger charge is -2.18. The van der Waals surface area contributed by atoms with Crippen LogP contribution in [0.4, 0.5) is 4.39 Å². The molecule has 1 heterocycles. The third-order valence-corrected chi connectivity index (χ3v) is 3.33. The van der Waals surface area contributed by atoms with E-state index in [2.05, 4.69) is 10.3 Å². The van der Waals surface area contributed by atoms with Crippen molar-refractivity contribution in [2.45, 2.75) is 19.6 Å². The van der Waals surface area contributed by atoms with Crippen LogP contribution < -0.4 is 5.73 Å². The highest BCUT2D eigenvalue weighted by Gasteiger charge is 2.15. The summed E-state index contributed by atoms with van der Waals surface area (Å²) in [6, 6.07) is 4.42. The Bertz CT molecular complexity index is 625. The van der Waals surface area contributed by atoms with Gasteiger partial charge in [-0.1, -0.05) is 22.9 Å². The summed E-state index contributed by atoms with van der Waals surface area (Å²) >= 11 is 5.94. The molecule has 0 unspecified atom stereocenters. The van der Waals surface area contributed by atoms with Gasteiger partial charge < -0.3 is 10.6 Å². The van der Waals surface area contributed by atoms with Crippen LogP contribution in [0.3, 0.4) is 0 Å². The molecule has 6 nitrogen and oxygen atoms in total. The number of likely N-dealkylation sites (N-methyl/N-ethyl adjacent to an activating group) is 1. The zero-order valence-electron chi connectivity index (χ0n) is 11.5. The standard InChI is InChI=1S/C13H15ClFN5O/c1-19(7-10-11(14)3-2-4-12(10)15)13(21)8-20-6-9(5-16)17-18-20/h2-4,6H,5,7-8,16H2,1H3. The number of halogens is 2. The van der Waals surface area contributed by atoms with E-state index in [1.807, 2.05) is 0 Å². The molecule has 0 saturated carbocycles. The lowest BCUT2D eigenvalue weighted by atomic mass is 10.2. The van der Waals surface area contributed by atoms with Gasteiger partial charge in [-0.2, -0.15) is 0 Å². The lowest BCUT2D eigenvalue weighted by molar-refractivity contribution is -0.131. The van der Waals surface area contributed by atoms with Gasteiger partial charge in [-0.15, -0.1) is 5.10 Å².